The van der Waals surface area contributed by atoms with Gasteiger partial charge in [0.15, 0.2) is 0 Å². The standard InChI is InChI=1S/C18H30O/c1-2-4-15-6-10-17(11-7-15)18-12-8-16(9-13-18)5-3-14-19/h2-5,15-19H,6-14H2,1H3. The van der Waals surface area contributed by atoms with Crippen LogP contribution in [0.4, 0.5) is 0 Å². The van der Waals surface area contributed by atoms with Crippen LogP contribution in [0.1, 0.15) is 58.3 Å². The molecular formula is C18H30O. The monoisotopic (exact) mass is 262 g/mol. The first-order valence-corrected chi connectivity index (χ1v) is 8.23. The Morgan fingerprint density at radius 3 is 1.68 bits per heavy atom. The Kier molecular flexibility index (Phi) is 6.16. The van der Waals surface area contributed by atoms with Crippen LogP contribution in [0.15, 0.2) is 24.3 Å². The fraction of sp³-hybridized carbons (Fsp3) is 0.778. The van der Waals surface area contributed by atoms with E-state index in [2.05, 4.69) is 25.2 Å². The van der Waals surface area contributed by atoms with Crippen LogP contribution in [0.25, 0.3) is 0 Å². The van der Waals surface area contributed by atoms with Gasteiger partial charge in [0.1, 0.15) is 0 Å². The first kappa shape index (κ1) is 14.8. The number of aliphatic hydroxyl groups excluding tert-OH is 1. The molecular weight excluding hydrogens is 232 g/mol. The molecule has 2 aliphatic rings. The van der Waals surface area contributed by atoms with E-state index in [0.717, 1.165) is 23.7 Å². The summed E-state index contributed by atoms with van der Waals surface area (Å²) in [6, 6.07) is 0. The van der Waals surface area contributed by atoms with Crippen LogP contribution < -0.4 is 0 Å². The van der Waals surface area contributed by atoms with Crippen molar-refractivity contribution < 1.29 is 5.11 Å². The number of allylic oxidation sites excluding steroid dienone is 3. The summed E-state index contributed by atoms with van der Waals surface area (Å²) in [6.45, 7) is 2.35. The van der Waals surface area contributed by atoms with Gasteiger partial charge in [0.2, 0.25) is 0 Å². The first-order valence-electron chi connectivity index (χ1n) is 8.23. The van der Waals surface area contributed by atoms with Crippen molar-refractivity contribution in [3.05, 3.63) is 24.3 Å². The van der Waals surface area contributed by atoms with Crippen molar-refractivity contribution in [2.24, 2.45) is 23.7 Å². The Morgan fingerprint density at radius 2 is 1.26 bits per heavy atom. The van der Waals surface area contributed by atoms with Crippen molar-refractivity contribution in [1.29, 1.82) is 0 Å². The number of aliphatic hydroxyl groups is 1. The Bertz CT molecular complexity index is 289. The van der Waals surface area contributed by atoms with Gasteiger partial charge in [-0.25, -0.2) is 0 Å². The Morgan fingerprint density at radius 1 is 0.789 bits per heavy atom. The molecule has 0 bridgehead atoms. The molecule has 0 amide bonds. The second kappa shape index (κ2) is 7.89. The molecule has 1 nitrogen and oxygen atoms in total. The smallest absolute Gasteiger partial charge is 0.0612 e. The van der Waals surface area contributed by atoms with Crippen LogP contribution in [0, 0.1) is 23.7 Å². The highest BCUT2D eigenvalue weighted by Crippen LogP contribution is 2.41. The van der Waals surface area contributed by atoms with E-state index in [0.29, 0.717) is 0 Å². The van der Waals surface area contributed by atoms with Crippen LogP contribution in [0.3, 0.4) is 0 Å². The van der Waals surface area contributed by atoms with Gasteiger partial charge in [-0.05, 0) is 82.0 Å². The van der Waals surface area contributed by atoms with Gasteiger partial charge >= 0.3 is 0 Å². The number of rotatable bonds is 4. The van der Waals surface area contributed by atoms with E-state index in [-0.39, 0.29) is 6.61 Å². The molecule has 0 aromatic rings. The molecule has 0 aliphatic heterocycles. The molecule has 0 aromatic heterocycles. The summed E-state index contributed by atoms with van der Waals surface area (Å²) >= 11 is 0. The van der Waals surface area contributed by atoms with E-state index < -0.39 is 0 Å². The van der Waals surface area contributed by atoms with Crippen molar-refractivity contribution in [2.75, 3.05) is 6.61 Å². The normalized spacial score (nSPS) is 37.2. The van der Waals surface area contributed by atoms with E-state index >= 15 is 0 Å². The molecule has 0 spiro atoms. The number of hydrogen-bond acceptors (Lipinski definition) is 1. The summed E-state index contributed by atoms with van der Waals surface area (Å²) < 4.78 is 0. The van der Waals surface area contributed by atoms with Gasteiger partial charge in [0.05, 0.1) is 6.61 Å². The molecule has 1 heteroatoms. The largest absolute Gasteiger partial charge is 0.392 e. The summed E-state index contributed by atoms with van der Waals surface area (Å²) in [6.07, 6.45) is 20.1. The second-order valence-corrected chi connectivity index (χ2v) is 6.49. The summed E-state index contributed by atoms with van der Waals surface area (Å²) in [7, 11) is 0. The molecule has 19 heavy (non-hydrogen) atoms. The highest BCUT2D eigenvalue weighted by atomic mass is 16.2. The van der Waals surface area contributed by atoms with Crippen molar-refractivity contribution in [3.63, 3.8) is 0 Å². The topological polar surface area (TPSA) is 20.2 Å². The minimum absolute atomic E-state index is 0.203. The summed E-state index contributed by atoms with van der Waals surface area (Å²) in [5, 5.41) is 8.83. The Hall–Kier alpha value is -0.560. The third-order valence-electron chi connectivity index (χ3n) is 5.28. The molecule has 2 fully saturated rings. The fourth-order valence-electron chi connectivity index (χ4n) is 4.14. The van der Waals surface area contributed by atoms with Gasteiger partial charge in [0.25, 0.3) is 0 Å². The molecule has 0 saturated heterocycles. The maximum atomic E-state index is 8.83. The third-order valence-corrected chi connectivity index (χ3v) is 5.28. The lowest BCUT2D eigenvalue weighted by molar-refractivity contribution is 0.166. The molecule has 0 atom stereocenters. The zero-order valence-corrected chi connectivity index (χ0v) is 12.4. The molecule has 2 saturated carbocycles. The molecule has 0 radical (unpaired) electrons. The Balaban J connectivity index is 1.72. The van der Waals surface area contributed by atoms with Crippen LogP contribution in [0.5, 0.6) is 0 Å². The number of hydrogen-bond donors (Lipinski definition) is 1. The zero-order valence-electron chi connectivity index (χ0n) is 12.4. The Labute approximate surface area is 118 Å². The minimum atomic E-state index is 0.203. The predicted octanol–water partition coefficient (Wildman–Crippen LogP) is 4.72. The average Bonchev–Trinajstić information content (AvgIpc) is 2.47. The van der Waals surface area contributed by atoms with E-state index in [1.54, 1.807) is 0 Å². The molecule has 2 rings (SSSR count). The van der Waals surface area contributed by atoms with Crippen LogP contribution >= 0.6 is 0 Å². The van der Waals surface area contributed by atoms with Crippen LogP contribution in [0.2, 0.25) is 0 Å². The molecule has 0 unspecified atom stereocenters. The summed E-state index contributed by atoms with van der Waals surface area (Å²) in [4.78, 5) is 0. The van der Waals surface area contributed by atoms with E-state index in [4.69, 9.17) is 5.11 Å². The molecule has 2 aliphatic carbocycles. The van der Waals surface area contributed by atoms with Crippen molar-refractivity contribution in [3.8, 4) is 0 Å². The molecule has 0 heterocycles. The van der Waals surface area contributed by atoms with E-state index in [9.17, 15) is 0 Å². The lowest BCUT2D eigenvalue weighted by atomic mass is 9.69. The lowest BCUT2D eigenvalue weighted by Gasteiger charge is -2.36. The molecule has 0 aromatic carbocycles. The predicted molar refractivity (Wildman–Crippen MR) is 81.9 cm³/mol. The van der Waals surface area contributed by atoms with Crippen molar-refractivity contribution in [1.82, 2.24) is 0 Å². The summed E-state index contributed by atoms with van der Waals surface area (Å²) in [5.74, 6) is 3.60. The van der Waals surface area contributed by atoms with Gasteiger partial charge in [0, 0.05) is 0 Å². The minimum Gasteiger partial charge on any atom is -0.392 e. The van der Waals surface area contributed by atoms with Crippen molar-refractivity contribution >= 4 is 0 Å². The lowest BCUT2D eigenvalue weighted by Crippen LogP contribution is -2.25. The van der Waals surface area contributed by atoms with Crippen molar-refractivity contribution in [2.45, 2.75) is 58.3 Å². The average molecular weight is 262 g/mol. The fourth-order valence-corrected chi connectivity index (χ4v) is 4.14. The van der Waals surface area contributed by atoms with Crippen LogP contribution in [-0.4, -0.2) is 11.7 Å². The van der Waals surface area contributed by atoms with Crippen LogP contribution in [-0.2, 0) is 0 Å². The highest BCUT2D eigenvalue weighted by Gasteiger charge is 2.29. The van der Waals surface area contributed by atoms with Gasteiger partial charge in [-0.3, -0.25) is 0 Å². The SMILES string of the molecule is CC=CC1CCC(C2CCC(C=CCO)CC2)CC1. The van der Waals surface area contributed by atoms with Gasteiger partial charge in [-0.2, -0.15) is 0 Å². The second-order valence-electron chi connectivity index (χ2n) is 6.49. The zero-order chi connectivity index (χ0) is 13.5. The molecule has 1 N–H and O–H groups in total. The summed E-state index contributed by atoms with van der Waals surface area (Å²) in [5.41, 5.74) is 0. The van der Waals surface area contributed by atoms with Gasteiger partial charge < -0.3 is 5.11 Å². The quantitative estimate of drug-likeness (QED) is 0.727. The maximum Gasteiger partial charge on any atom is 0.0612 e. The molecule has 108 valence electrons. The first-order chi connectivity index (χ1) is 9.33. The van der Waals surface area contributed by atoms with E-state index in [1.165, 1.54) is 51.4 Å². The third kappa shape index (κ3) is 4.49. The maximum absolute atomic E-state index is 8.83. The van der Waals surface area contributed by atoms with E-state index in [1.807, 2.05) is 6.08 Å². The highest BCUT2D eigenvalue weighted by molar-refractivity contribution is 4.94. The van der Waals surface area contributed by atoms with Gasteiger partial charge in [-0.1, -0.05) is 24.3 Å². The van der Waals surface area contributed by atoms with Gasteiger partial charge in [-0.15, -0.1) is 0 Å².